The molecule has 15 heteroatoms. The SMILES string of the molecule is CC(C)NC(=O)SCCOP(=O)(O)OC[C@H]1SC[C@@H](F)[C@@]1(O)n1ccc(N)nc1=O. The molecule has 1 aliphatic heterocycles. The van der Waals surface area contributed by atoms with E-state index < -0.39 is 37.3 Å². The van der Waals surface area contributed by atoms with E-state index in [2.05, 4.69) is 10.3 Å². The quantitative estimate of drug-likeness (QED) is 0.289. The highest BCUT2D eigenvalue weighted by atomic mass is 32.2. The number of hydrogen-bond donors (Lipinski definition) is 4. The Balaban J connectivity index is 1.94. The molecule has 2 heterocycles. The number of rotatable bonds is 9. The van der Waals surface area contributed by atoms with Gasteiger partial charge in [-0.2, -0.15) is 4.98 Å². The van der Waals surface area contributed by atoms with Gasteiger partial charge in [-0.25, -0.2) is 13.8 Å². The fourth-order valence-electron chi connectivity index (χ4n) is 2.58. The van der Waals surface area contributed by atoms with Crippen LogP contribution in [0.2, 0.25) is 0 Å². The topological polar surface area (TPSA) is 166 Å². The number of carbonyl (C=O) groups excluding carboxylic acids is 1. The fourth-order valence-corrected chi connectivity index (χ4v) is 5.52. The number of aromatic nitrogens is 2. The summed E-state index contributed by atoms with van der Waals surface area (Å²) < 4.78 is 36.9. The van der Waals surface area contributed by atoms with Crippen molar-refractivity contribution in [1.29, 1.82) is 0 Å². The van der Waals surface area contributed by atoms with Crippen LogP contribution in [0.3, 0.4) is 0 Å². The van der Waals surface area contributed by atoms with Gasteiger partial charge in [0.25, 0.3) is 5.24 Å². The first-order chi connectivity index (χ1) is 14.0. The van der Waals surface area contributed by atoms with Gasteiger partial charge < -0.3 is 21.1 Å². The lowest BCUT2D eigenvalue weighted by atomic mass is 10.1. The fraction of sp³-hybridized carbons (Fsp3) is 0.667. The molecule has 0 radical (unpaired) electrons. The Morgan fingerprint density at radius 2 is 2.30 bits per heavy atom. The first-order valence-electron chi connectivity index (χ1n) is 8.84. The van der Waals surface area contributed by atoms with Crippen LogP contribution in [0.5, 0.6) is 0 Å². The molecule has 30 heavy (non-hydrogen) atoms. The number of aliphatic hydroxyl groups is 1. The second-order valence-electron chi connectivity index (χ2n) is 6.61. The molecule has 0 spiro atoms. The Kier molecular flexibility index (Phi) is 8.74. The number of nitrogens with two attached hydrogens (primary N) is 1. The Hall–Kier alpha value is -1.15. The Morgan fingerprint density at radius 1 is 1.60 bits per heavy atom. The van der Waals surface area contributed by atoms with Gasteiger partial charge in [0.15, 0.2) is 11.9 Å². The summed E-state index contributed by atoms with van der Waals surface area (Å²) in [4.78, 5) is 36.8. The summed E-state index contributed by atoms with van der Waals surface area (Å²) in [7, 11) is -4.53. The molecule has 1 saturated heterocycles. The number of nitrogens with zero attached hydrogens (tertiary/aromatic N) is 2. The lowest BCUT2D eigenvalue weighted by Crippen LogP contribution is -2.53. The molecule has 1 aliphatic rings. The van der Waals surface area contributed by atoms with Crippen molar-refractivity contribution >= 4 is 42.4 Å². The van der Waals surface area contributed by atoms with E-state index in [-0.39, 0.29) is 35.2 Å². The molecule has 0 aromatic carbocycles. The van der Waals surface area contributed by atoms with Crippen LogP contribution in [0.1, 0.15) is 13.8 Å². The molecule has 1 amide bonds. The first kappa shape index (κ1) is 25.1. The van der Waals surface area contributed by atoms with E-state index in [1.807, 2.05) is 0 Å². The summed E-state index contributed by atoms with van der Waals surface area (Å²) in [5, 5.41) is 12.1. The summed E-state index contributed by atoms with van der Waals surface area (Å²) in [5.41, 5.74) is 2.11. The molecule has 1 aromatic rings. The maximum atomic E-state index is 14.5. The van der Waals surface area contributed by atoms with Gasteiger partial charge >= 0.3 is 13.5 Å². The predicted molar refractivity (Wildman–Crippen MR) is 112 cm³/mol. The van der Waals surface area contributed by atoms with Crippen molar-refractivity contribution in [3.8, 4) is 0 Å². The van der Waals surface area contributed by atoms with Crippen LogP contribution in [-0.4, -0.2) is 67.0 Å². The zero-order valence-corrected chi connectivity index (χ0v) is 18.8. The molecule has 0 aliphatic carbocycles. The van der Waals surface area contributed by atoms with E-state index >= 15 is 0 Å². The summed E-state index contributed by atoms with van der Waals surface area (Å²) in [6.45, 7) is 2.76. The van der Waals surface area contributed by atoms with Crippen molar-refractivity contribution in [3.63, 3.8) is 0 Å². The lowest BCUT2D eigenvalue weighted by Gasteiger charge is -2.32. The molecular weight excluding hydrogens is 462 g/mol. The third kappa shape index (κ3) is 6.42. The first-order valence-corrected chi connectivity index (χ1v) is 12.4. The minimum absolute atomic E-state index is 0.0380. The Bertz CT molecular complexity index is 861. The van der Waals surface area contributed by atoms with E-state index in [9.17, 15) is 28.5 Å². The Labute approximate surface area is 180 Å². The van der Waals surface area contributed by atoms with Crippen LogP contribution in [0.4, 0.5) is 15.0 Å². The number of nitrogens with one attached hydrogen (secondary N) is 1. The average molecular weight is 486 g/mol. The standard InChI is InChI=1S/C15H24FN4O7PS2/c1-9(2)18-14(22)29-6-5-26-28(24,25)27-7-11-15(23,10(16)8-30-11)20-4-3-12(17)19-13(20)21/h3-4,9-11,23H,5-8H2,1-2H3,(H,18,22)(H,24,25)(H2,17,19,21)/t10-,11-,15+/m1/s1. The molecule has 1 aromatic heterocycles. The number of halogens is 1. The Morgan fingerprint density at radius 3 is 2.93 bits per heavy atom. The van der Waals surface area contributed by atoms with Crippen molar-refractivity contribution < 1.29 is 32.8 Å². The number of phosphoric ester groups is 1. The van der Waals surface area contributed by atoms with E-state index in [4.69, 9.17) is 14.8 Å². The molecule has 1 unspecified atom stereocenters. The van der Waals surface area contributed by atoms with E-state index in [1.54, 1.807) is 13.8 Å². The van der Waals surface area contributed by atoms with Gasteiger partial charge in [-0.1, -0.05) is 11.8 Å². The van der Waals surface area contributed by atoms with Gasteiger partial charge in [0, 0.05) is 23.7 Å². The normalized spacial score (nSPS) is 25.9. The second kappa shape index (κ2) is 10.4. The highest BCUT2D eigenvalue weighted by Gasteiger charge is 2.53. The lowest BCUT2D eigenvalue weighted by molar-refractivity contribution is -0.0986. The van der Waals surface area contributed by atoms with E-state index in [0.29, 0.717) is 4.57 Å². The third-order valence-corrected chi connectivity index (χ3v) is 7.06. The predicted octanol–water partition coefficient (Wildman–Crippen LogP) is 0.909. The number of thioether (sulfide) groups is 2. The molecule has 0 saturated carbocycles. The summed E-state index contributed by atoms with van der Waals surface area (Å²) in [5.74, 6) is -0.158. The minimum atomic E-state index is -4.53. The molecule has 5 N–H and O–H groups in total. The van der Waals surface area contributed by atoms with Gasteiger partial charge in [0.1, 0.15) is 5.82 Å². The van der Waals surface area contributed by atoms with Crippen molar-refractivity contribution in [1.82, 2.24) is 14.9 Å². The molecule has 170 valence electrons. The number of anilines is 1. The van der Waals surface area contributed by atoms with Crippen molar-refractivity contribution in [2.75, 3.05) is 30.5 Å². The smallest absolute Gasteiger partial charge is 0.383 e. The van der Waals surface area contributed by atoms with Gasteiger partial charge in [-0.05, 0) is 19.9 Å². The third-order valence-electron chi connectivity index (χ3n) is 3.96. The summed E-state index contributed by atoms with van der Waals surface area (Å²) in [6.07, 6.45) is -0.751. The molecule has 11 nitrogen and oxygen atoms in total. The van der Waals surface area contributed by atoms with Crippen LogP contribution in [0, 0.1) is 0 Å². The van der Waals surface area contributed by atoms with Crippen molar-refractivity contribution in [2.24, 2.45) is 0 Å². The molecule has 4 atom stereocenters. The highest BCUT2D eigenvalue weighted by molar-refractivity contribution is 8.13. The van der Waals surface area contributed by atoms with Crippen LogP contribution >= 0.6 is 31.3 Å². The van der Waals surface area contributed by atoms with Crippen LogP contribution < -0.4 is 16.7 Å². The number of alkyl halides is 1. The van der Waals surface area contributed by atoms with Gasteiger partial charge in [-0.3, -0.25) is 18.4 Å². The van der Waals surface area contributed by atoms with Crippen LogP contribution in [0.15, 0.2) is 17.1 Å². The average Bonchev–Trinajstić information content (AvgIpc) is 2.92. The number of nitrogen functional groups attached to an aromatic ring is 1. The molecule has 0 bridgehead atoms. The molecule has 1 fully saturated rings. The van der Waals surface area contributed by atoms with Gasteiger partial charge in [0.2, 0.25) is 0 Å². The van der Waals surface area contributed by atoms with Crippen molar-refractivity contribution in [2.45, 2.75) is 37.0 Å². The summed E-state index contributed by atoms with van der Waals surface area (Å²) >= 11 is 1.81. The monoisotopic (exact) mass is 486 g/mol. The number of amides is 1. The maximum Gasteiger partial charge on any atom is 0.472 e. The van der Waals surface area contributed by atoms with E-state index in [1.165, 1.54) is 6.07 Å². The second-order valence-corrected chi connectivity index (χ2v) is 10.4. The minimum Gasteiger partial charge on any atom is -0.383 e. The van der Waals surface area contributed by atoms with Gasteiger partial charge in [-0.15, -0.1) is 11.8 Å². The van der Waals surface area contributed by atoms with Crippen LogP contribution in [-0.2, 0) is 19.3 Å². The zero-order valence-electron chi connectivity index (χ0n) is 16.3. The zero-order chi connectivity index (χ0) is 22.5. The van der Waals surface area contributed by atoms with Crippen LogP contribution in [0.25, 0.3) is 0 Å². The largest absolute Gasteiger partial charge is 0.472 e. The molecule has 2 rings (SSSR count). The van der Waals surface area contributed by atoms with E-state index in [0.717, 1.165) is 29.7 Å². The number of phosphoric acid groups is 1. The molecular formula is C15H24FN4O7PS2. The maximum absolute atomic E-state index is 14.5. The van der Waals surface area contributed by atoms with Gasteiger partial charge in [0.05, 0.1) is 18.5 Å². The number of hydrogen-bond acceptors (Lipinski definition) is 10. The highest BCUT2D eigenvalue weighted by Crippen LogP contribution is 2.47. The summed E-state index contributed by atoms with van der Waals surface area (Å²) in [6, 6.07) is 1.18. The number of carbonyl (C=O) groups is 1. The van der Waals surface area contributed by atoms with Crippen molar-refractivity contribution in [3.05, 3.63) is 22.7 Å².